The summed E-state index contributed by atoms with van der Waals surface area (Å²) in [7, 11) is 4.61. The molecule has 1 aliphatic heterocycles. The van der Waals surface area contributed by atoms with Crippen molar-refractivity contribution in [3.05, 3.63) is 71.0 Å². The Kier molecular flexibility index (Phi) is 6.90. The van der Waals surface area contributed by atoms with Gasteiger partial charge in [-0.05, 0) is 49.1 Å². The number of thiophene rings is 1. The highest BCUT2D eigenvalue weighted by molar-refractivity contribution is 7.10. The molecular weight excluding hydrogens is 476 g/mol. The molecule has 0 spiro atoms. The summed E-state index contributed by atoms with van der Waals surface area (Å²) < 4.78 is 23.6. The Morgan fingerprint density at radius 3 is 2.44 bits per heavy atom. The van der Waals surface area contributed by atoms with Crippen LogP contribution in [0.2, 0.25) is 0 Å². The summed E-state index contributed by atoms with van der Waals surface area (Å²) in [4.78, 5) is 32.4. The molecule has 0 aliphatic carbocycles. The van der Waals surface area contributed by atoms with Gasteiger partial charge in [-0.2, -0.15) is 0 Å². The predicted molar refractivity (Wildman–Crippen MR) is 131 cm³/mol. The van der Waals surface area contributed by atoms with Crippen LogP contribution in [-0.4, -0.2) is 38.5 Å². The molecule has 0 unspecified atom stereocenters. The highest BCUT2D eigenvalue weighted by Gasteiger charge is 2.33. The van der Waals surface area contributed by atoms with E-state index in [9.17, 15) is 9.59 Å². The van der Waals surface area contributed by atoms with Gasteiger partial charge in [0.2, 0.25) is 5.75 Å². The van der Waals surface area contributed by atoms with Crippen molar-refractivity contribution in [1.29, 1.82) is 0 Å². The van der Waals surface area contributed by atoms with Crippen LogP contribution in [0.5, 0.6) is 17.2 Å². The van der Waals surface area contributed by atoms with Crippen molar-refractivity contribution in [2.24, 2.45) is 4.99 Å². The number of thiazole rings is 1. The molecule has 4 rings (SSSR count). The first-order chi connectivity index (χ1) is 16.4. The Morgan fingerprint density at radius 2 is 1.88 bits per heavy atom. The van der Waals surface area contributed by atoms with Crippen LogP contribution in [0, 0.1) is 0 Å². The maximum absolute atomic E-state index is 13.6. The highest BCUT2D eigenvalue weighted by atomic mass is 32.1. The molecular formula is C24H24N2O6S2. The zero-order chi connectivity index (χ0) is 24.4. The number of carbonyl (C=O) groups is 1. The fourth-order valence-electron chi connectivity index (χ4n) is 3.84. The average Bonchev–Trinajstić information content (AvgIpc) is 3.46. The van der Waals surface area contributed by atoms with Crippen LogP contribution >= 0.6 is 22.7 Å². The zero-order valence-corrected chi connectivity index (χ0v) is 21.0. The standard InChI is InChI=1S/C24H24N2O6S2/c1-6-32-23(28)19-13(2)25-24-26(20(19)17-8-7-9-33-17)22(27)18(34-24)12-14-10-15(29-3)21(31-5)16(11-14)30-4/h7-12,20H,6H2,1-5H3/b18-12+/t20-/m1/s1. The fourth-order valence-corrected chi connectivity index (χ4v) is 5.71. The second-order valence-corrected chi connectivity index (χ2v) is 9.26. The molecule has 3 aromatic rings. The molecule has 2 aromatic heterocycles. The molecule has 10 heteroatoms. The van der Waals surface area contributed by atoms with Crippen LogP contribution in [0.1, 0.15) is 30.3 Å². The Morgan fingerprint density at radius 1 is 1.18 bits per heavy atom. The minimum atomic E-state index is -0.600. The van der Waals surface area contributed by atoms with E-state index in [0.29, 0.717) is 43.4 Å². The number of ether oxygens (including phenoxy) is 4. The monoisotopic (exact) mass is 500 g/mol. The third-order valence-electron chi connectivity index (χ3n) is 5.31. The van der Waals surface area contributed by atoms with E-state index in [2.05, 4.69) is 4.99 Å². The Balaban J connectivity index is 1.92. The average molecular weight is 501 g/mol. The fraction of sp³-hybridized carbons (Fsp3) is 0.292. The van der Waals surface area contributed by atoms with Gasteiger partial charge in [-0.15, -0.1) is 11.3 Å². The molecule has 0 N–H and O–H groups in total. The number of carbonyl (C=O) groups excluding carboxylic acids is 1. The maximum Gasteiger partial charge on any atom is 0.338 e. The van der Waals surface area contributed by atoms with Crippen LogP contribution in [0.3, 0.4) is 0 Å². The van der Waals surface area contributed by atoms with Crippen LogP contribution in [0.15, 0.2) is 50.7 Å². The van der Waals surface area contributed by atoms with E-state index in [4.69, 9.17) is 18.9 Å². The topological polar surface area (TPSA) is 88.4 Å². The van der Waals surface area contributed by atoms with Gasteiger partial charge in [0, 0.05) is 4.88 Å². The van der Waals surface area contributed by atoms with Gasteiger partial charge in [0.15, 0.2) is 16.3 Å². The number of hydrogen-bond acceptors (Lipinski definition) is 9. The van der Waals surface area contributed by atoms with Crippen molar-refractivity contribution < 1.29 is 23.7 Å². The van der Waals surface area contributed by atoms with Crippen molar-refractivity contribution in [1.82, 2.24) is 4.57 Å². The molecule has 1 aliphatic rings. The Labute approximate surface area is 204 Å². The molecule has 178 valence electrons. The van der Waals surface area contributed by atoms with Crippen molar-refractivity contribution in [2.45, 2.75) is 19.9 Å². The van der Waals surface area contributed by atoms with Gasteiger partial charge in [0.25, 0.3) is 5.56 Å². The van der Waals surface area contributed by atoms with Gasteiger partial charge in [0.05, 0.1) is 43.7 Å². The van der Waals surface area contributed by atoms with E-state index >= 15 is 0 Å². The lowest BCUT2D eigenvalue weighted by molar-refractivity contribution is -0.139. The molecule has 0 bridgehead atoms. The van der Waals surface area contributed by atoms with Crippen molar-refractivity contribution >= 4 is 34.7 Å². The van der Waals surface area contributed by atoms with Gasteiger partial charge < -0.3 is 18.9 Å². The number of rotatable bonds is 7. The van der Waals surface area contributed by atoms with Gasteiger partial charge in [-0.1, -0.05) is 17.4 Å². The van der Waals surface area contributed by atoms with Crippen LogP contribution in [-0.2, 0) is 9.53 Å². The van der Waals surface area contributed by atoms with E-state index < -0.39 is 12.0 Å². The lowest BCUT2D eigenvalue weighted by atomic mass is 10.0. The summed E-state index contributed by atoms with van der Waals surface area (Å²) in [6.45, 7) is 3.75. The first-order valence-corrected chi connectivity index (χ1v) is 12.2. The predicted octanol–water partition coefficient (Wildman–Crippen LogP) is 2.89. The summed E-state index contributed by atoms with van der Waals surface area (Å²) in [6, 6.07) is 6.74. The number of esters is 1. The second-order valence-electron chi connectivity index (χ2n) is 7.28. The molecule has 1 atom stereocenters. The lowest BCUT2D eigenvalue weighted by Gasteiger charge is -2.23. The van der Waals surface area contributed by atoms with E-state index in [-0.39, 0.29) is 12.2 Å². The van der Waals surface area contributed by atoms with Crippen molar-refractivity contribution in [3.63, 3.8) is 0 Å². The minimum Gasteiger partial charge on any atom is -0.493 e. The van der Waals surface area contributed by atoms with Gasteiger partial charge >= 0.3 is 5.97 Å². The van der Waals surface area contributed by atoms with Crippen LogP contribution in [0.4, 0.5) is 0 Å². The first kappa shape index (κ1) is 23.8. The Hall–Kier alpha value is -3.37. The van der Waals surface area contributed by atoms with E-state index in [1.807, 2.05) is 17.5 Å². The van der Waals surface area contributed by atoms with Crippen molar-refractivity contribution in [3.8, 4) is 17.2 Å². The first-order valence-electron chi connectivity index (χ1n) is 10.5. The minimum absolute atomic E-state index is 0.234. The number of aromatic nitrogens is 1. The quantitative estimate of drug-likeness (QED) is 0.464. The third kappa shape index (κ3) is 4.14. The van der Waals surface area contributed by atoms with E-state index in [1.54, 1.807) is 36.6 Å². The number of hydrogen-bond donors (Lipinski definition) is 0. The van der Waals surface area contributed by atoms with Gasteiger partial charge in [-0.3, -0.25) is 9.36 Å². The normalized spacial score (nSPS) is 15.6. The second kappa shape index (κ2) is 9.86. The number of allylic oxidation sites excluding steroid dienone is 1. The summed E-state index contributed by atoms with van der Waals surface area (Å²) >= 11 is 2.73. The van der Waals surface area contributed by atoms with Crippen LogP contribution in [0.25, 0.3) is 6.08 Å². The molecule has 0 saturated heterocycles. The molecule has 0 saturated carbocycles. The molecule has 3 heterocycles. The summed E-state index contributed by atoms with van der Waals surface area (Å²) in [5.41, 5.74) is 1.37. The smallest absolute Gasteiger partial charge is 0.338 e. The summed E-state index contributed by atoms with van der Waals surface area (Å²) in [5.74, 6) is 0.965. The third-order valence-corrected chi connectivity index (χ3v) is 7.22. The van der Waals surface area contributed by atoms with Crippen LogP contribution < -0.4 is 29.1 Å². The Bertz CT molecular complexity index is 1410. The largest absolute Gasteiger partial charge is 0.493 e. The maximum atomic E-state index is 13.6. The van der Waals surface area contributed by atoms with E-state index in [1.165, 1.54) is 44.0 Å². The highest BCUT2D eigenvalue weighted by Crippen LogP contribution is 2.38. The van der Waals surface area contributed by atoms with Crippen molar-refractivity contribution in [2.75, 3.05) is 27.9 Å². The lowest BCUT2D eigenvalue weighted by Crippen LogP contribution is -2.39. The number of benzene rings is 1. The van der Waals surface area contributed by atoms with E-state index in [0.717, 1.165) is 4.88 Å². The summed E-state index contributed by atoms with van der Waals surface area (Å²) in [5, 5.41) is 1.92. The molecule has 0 amide bonds. The molecule has 1 aromatic carbocycles. The number of nitrogens with zero attached hydrogens (tertiary/aromatic N) is 2. The number of methoxy groups -OCH3 is 3. The summed E-state index contributed by atoms with van der Waals surface area (Å²) in [6.07, 6.45) is 1.75. The molecule has 34 heavy (non-hydrogen) atoms. The SMILES string of the molecule is CCOC(=O)C1=C(C)N=c2s/c(=C/c3cc(OC)c(OC)c(OC)c3)c(=O)n2[C@@H]1c1cccs1. The molecule has 0 radical (unpaired) electrons. The van der Waals surface area contributed by atoms with Gasteiger partial charge in [-0.25, -0.2) is 9.79 Å². The van der Waals surface area contributed by atoms with Gasteiger partial charge in [0.1, 0.15) is 6.04 Å². The zero-order valence-electron chi connectivity index (χ0n) is 19.4. The molecule has 8 nitrogen and oxygen atoms in total. The molecule has 0 fully saturated rings. The number of fused-ring (bicyclic) bond motifs is 1.